The van der Waals surface area contributed by atoms with Gasteiger partial charge in [-0.3, -0.25) is 4.90 Å². The molecule has 3 rings (SSSR count). The second kappa shape index (κ2) is 8.49. The second-order valence-electron chi connectivity index (χ2n) is 6.13. The molecule has 0 aliphatic carbocycles. The monoisotopic (exact) mass is 337 g/mol. The van der Waals surface area contributed by atoms with Crippen molar-refractivity contribution in [3.05, 3.63) is 77.9 Å². The Morgan fingerprint density at radius 2 is 1.92 bits per heavy atom. The minimum Gasteiger partial charge on any atom is -0.444 e. The smallest absolute Gasteiger partial charge is 0.414 e. The van der Waals surface area contributed by atoms with Crippen molar-refractivity contribution in [1.29, 1.82) is 0 Å². The summed E-state index contributed by atoms with van der Waals surface area (Å²) in [6, 6.07) is 17.7. The molecule has 1 amide bonds. The quantitative estimate of drug-likeness (QED) is 0.767. The van der Waals surface area contributed by atoms with Crippen LogP contribution in [-0.2, 0) is 22.5 Å². The number of benzene rings is 2. The molecule has 1 aliphatic heterocycles. The summed E-state index contributed by atoms with van der Waals surface area (Å²) in [6.45, 7) is 1.48. The molecule has 0 aromatic heterocycles. The first kappa shape index (κ1) is 17.2. The molecule has 0 saturated carbocycles. The lowest BCUT2D eigenvalue weighted by Gasteiger charge is -2.32. The Bertz CT molecular complexity index is 727. The van der Waals surface area contributed by atoms with Gasteiger partial charge in [-0.2, -0.15) is 0 Å². The van der Waals surface area contributed by atoms with Crippen LogP contribution in [0.25, 0.3) is 0 Å². The second-order valence-corrected chi connectivity index (χ2v) is 6.13. The summed E-state index contributed by atoms with van der Waals surface area (Å²) in [5, 5.41) is 0. The average Bonchev–Trinajstić information content (AvgIpc) is 2.66. The standard InChI is InChI=1S/C21H23NO3/c1-24-13-7-10-18-14-19-11-5-6-12-20(19)22(15-18)21(23)25-16-17-8-3-2-4-9-17/h2-12,18H,13-16H2,1H3/t18-/m0/s1. The number of rotatable bonds is 5. The molecule has 25 heavy (non-hydrogen) atoms. The molecule has 0 fully saturated rings. The molecule has 0 bridgehead atoms. The van der Waals surface area contributed by atoms with E-state index in [4.69, 9.17) is 9.47 Å². The number of amides is 1. The van der Waals surface area contributed by atoms with Gasteiger partial charge in [0.25, 0.3) is 0 Å². The van der Waals surface area contributed by atoms with Crippen molar-refractivity contribution in [2.45, 2.75) is 13.0 Å². The summed E-state index contributed by atoms with van der Waals surface area (Å²) < 4.78 is 10.6. The van der Waals surface area contributed by atoms with Gasteiger partial charge in [-0.15, -0.1) is 0 Å². The third-order valence-electron chi connectivity index (χ3n) is 4.28. The van der Waals surface area contributed by atoms with Gasteiger partial charge in [-0.25, -0.2) is 4.79 Å². The number of hydrogen-bond acceptors (Lipinski definition) is 3. The number of para-hydroxylation sites is 1. The van der Waals surface area contributed by atoms with E-state index in [0.717, 1.165) is 23.2 Å². The maximum atomic E-state index is 12.7. The zero-order chi connectivity index (χ0) is 17.5. The van der Waals surface area contributed by atoms with Crippen LogP contribution in [-0.4, -0.2) is 26.4 Å². The van der Waals surface area contributed by atoms with Gasteiger partial charge in [-0.05, 0) is 29.5 Å². The van der Waals surface area contributed by atoms with Crippen LogP contribution >= 0.6 is 0 Å². The summed E-state index contributed by atoms with van der Waals surface area (Å²) >= 11 is 0. The van der Waals surface area contributed by atoms with Gasteiger partial charge in [0.05, 0.1) is 12.3 Å². The number of ether oxygens (including phenoxy) is 2. The van der Waals surface area contributed by atoms with Crippen molar-refractivity contribution in [2.24, 2.45) is 5.92 Å². The molecule has 1 atom stereocenters. The highest BCUT2D eigenvalue weighted by atomic mass is 16.6. The highest BCUT2D eigenvalue weighted by Gasteiger charge is 2.28. The Morgan fingerprint density at radius 1 is 1.16 bits per heavy atom. The van der Waals surface area contributed by atoms with E-state index >= 15 is 0 Å². The molecule has 4 nitrogen and oxygen atoms in total. The van der Waals surface area contributed by atoms with Gasteiger partial charge in [0.15, 0.2) is 0 Å². The van der Waals surface area contributed by atoms with E-state index in [9.17, 15) is 4.79 Å². The van der Waals surface area contributed by atoms with E-state index < -0.39 is 0 Å². The van der Waals surface area contributed by atoms with Crippen molar-refractivity contribution in [3.8, 4) is 0 Å². The van der Waals surface area contributed by atoms with Crippen molar-refractivity contribution < 1.29 is 14.3 Å². The molecule has 0 radical (unpaired) electrons. The zero-order valence-electron chi connectivity index (χ0n) is 14.4. The minimum atomic E-state index is -0.304. The average molecular weight is 337 g/mol. The van der Waals surface area contributed by atoms with Crippen molar-refractivity contribution in [3.63, 3.8) is 0 Å². The summed E-state index contributed by atoms with van der Waals surface area (Å²) in [5.74, 6) is 0.259. The molecule has 0 N–H and O–H groups in total. The van der Waals surface area contributed by atoms with E-state index in [1.807, 2.05) is 54.6 Å². The highest BCUT2D eigenvalue weighted by Crippen LogP contribution is 2.30. The maximum Gasteiger partial charge on any atom is 0.414 e. The fourth-order valence-corrected chi connectivity index (χ4v) is 3.07. The first-order chi connectivity index (χ1) is 12.3. The Labute approximate surface area is 148 Å². The fourth-order valence-electron chi connectivity index (χ4n) is 3.07. The third-order valence-corrected chi connectivity index (χ3v) is 4.28. The number of carbonyl (C=O) groups excluding carboxylic acids is 1. The first-order valence-corrected chi connectivity index (χ1v) is 8.49. The van der Waals surface area contributed by atoms with Gasteiger partial charge < -0.3 is 9.47 Å². The summed E-state index contributed by atoms with van der Waals surface area (Å²) in [4.78, 5) is 14.4. The topological polar surface area (TPSA) is 38.8 Å². The van der Waals surface area contributed by atoms with Crippen LogP contribution in [0.4, 0.5) is 10.5 Å². The summed E-state index contributed by atoms with van der Waals surface area (Å²) in [5.41, 5.74) is 3.09. The van der Waals surface area contributed by atoms with Gasteiger partial charge in [0.2, 0.25) is 0 Å². The van der Waals surface area contributed by atoms with E-state index in [2.05, 4.69) is 12.1 Å². The predicted octanol–water partition coefficient (Wildman–Crippen LogP) is 4.20. The fraction of sp³-hybridized carbons (Fsp3) is 0.286. The molecule has 1 heterocycles. The van der Waals surface area contributed by atoms with Crippen LogP contribution in [0.2, 0.25) is 0 Å². The van der Waals surface area contributed by atoms with Gasteiger partial charge in [0, 0.05) is 13.7 Å². The molecule has 2 aromatic rings. The Balaban J connectivity index is 1.72. The van der Waals surface area contributed by atoms with Crippen molar-refractivity contribution in [2.75, 3.05) is 25.2 Å². The van der Waals surface area contributed by atoms with E-state index in [-0.39, 0.29) is 18.6 Å². The Morgan fingerprint density at radius 3 is 2.72 bits per heavy atom. The van der Waals surface area contributed by atoms with Gasteiger partial charge in [-0.1, -0.05) is 60.7 Å². The predicted molar refractivity (Wildman–Crippen MR) is 98.6 cm³/mol. The van der Waals surface area contributed by atoms with E-state index in [1.165, 1.54) is 0 Å². The maximum absolute atomic E-state index is 12.7. The van der Waals surface area contributed by atoms with E-state index in [0.29, 0.717) is 13.2 Å². The number of nitrogens with zero attached hydrogens (tertiary/aromatic N) is 1. The van der Waals surface area contributed by atoms with Gasteiger partial charge in [0.1, 0.15) is 6.61 Å². The molecule has 0 unspecified atom stereocenters. The zero-order valence-corrected chi connectivity index (χ0v) is 14.4. The first-order valence-electron chi connectivity index (χ1n) is 8.49. The van der Waals surface area contributed by atoms with Gasteiger partial charge >= 0.3 is 6.09 Å². The Hall–Kier alpha value is -2.59. The molecular formula is C21H23NO3. The normalized spacial score (nSPS) is 16.7. The number of carbonyl (C=O) groups is 1. The lowest BCUT2D eigenvalue weighted by molar-refractivity contribution is 0.146. The largest absolute Gasteiger partial charge is 0.444 e. The summed E-state index contributed by atoms with van der Waals surface area (Å²) in [7, 11) is 1.67. The SMILES string of the molecule is COCC=C[C@H]1Cc2ccccc2N(C(=O)OCc2ccccc2)C1. The number of hydrogen-bond donors (Lipinski definition) is 0. The number of methoxy groups -OCH3 is 1. The van der Waals surface area contributed by atoms with Crippen LogP contribution in [0.1, 0.15) is 11.1 Å². The van der Waals surface area contributed by atoms with Crippen LogP contribution in [0.3, 0.4) is 0 Å². The van der Waals surface area contributed by atoms with Crippen molar-refractivity contribution in [1.82, 2.24) is 0 Å². The van der Waals surface area contributed by atoms with Crippen LogP contribution in [0.15, 0.2) is 66.7 Å². The minimum absolute atomic E-state index is 0.259. The number of anilines is 1. The Kier molecular flexibility index (Phi) is 5.86. The van der Waals surface area contributed by atoms with Crippen molar-refractivity contribution >= 4 is 11.8 Å². The molecule has 1 aliphatic rings. The lowest BCUT2D eigenvalue weighted by Crippen LogP contribution is -2.39. The van der Waals surface area contributed by atoms with Crippen LogP contribution < -0.4 is 4.90 Å². The number of fused-ring (bicyclic) bond motifs is 1. The molecular weight excluding hydrogens is 314 g/mol. The molecule has 130 valence electrons. The molecule has 2 aromatic carbocycles. The van der Waals surface area contributed by atoms with Crippen LogP contribution in [0.5, 0.6) is 0 Å². The lowest BCUT2D eigenvalue weighted by atomic mass is 9.92. The highest BCUT2D eigenvalue weighted by molar-refractivity contribution is 5.89. The van der Waals surface area contributed by atoms with Crippen LogP contribution in [0, 0.1) is 5.92 Å². The molecule has 4 heteroatoms. The molecule has 0 saturated heterocycles. The third kappa shape index (κ3) is 4.48. The summed E-state index contributed by atoms with van der Waals surface area (Å²) in [6.07, 6.45) is 4.74. The molecule has 0 spiro atoms. The van der Waals surface area contributed by atoms with E-state index in [1.54, 1.807) is 12.0 Å².